The number of aryl methyl sites for hydroxylation is 1. The lowest BCUT2D eigenvalue weighted by Crippen LogP contribution is -2.01. The van der Waals surface area contributed by atoms with Crippen LogP contribution in [0, 0.1) is 0 Å². The molecule has 78 valence electrons. The largest absolute Gasteiger partial charge is 0.497 e. The van der Waals surface area contributed by atoms with Gasteiger partial charge in [0, 0.05) is 4.47 Å². The van der Waals surface area contributed by atoms with Gasteiger partial charge in [-0.1, -0.05) is 15.9 Å². The number of benzene rings is 1. The minimum absolute atomic E-state index is 0.256. The third-order valence-corrected chi connectivity index (χ3v) is 2.86. The highest BCUT2D eigenvalue weighted by Crippen LogP contribution is 2.23. The Morgan fingerprint density at radius 1 is 1.50 bits per heavy atom. The third kappa shape index (κ3) is 3.31. The molecule has 0 spiro atoms. The summed E-state index contributed by atoms with van der Waals surface area (Å²) in [6, 6.07) is 5.87. The molecule has 1 aromatic carbocycles. The smallest absolute Gasteiger partial charge is 0.119 e. The molecule has 0 radical (unpaired) electrons. The third-order valence-electron chi connectivity index (χ3n) is 2.08. The van der Waals surface area contributed by atoms with Gasteiger partial charge in [0.05, 0.1) is 13.2 Å². The highest BCUT2D eigenvalue weighted by atomic mass is 79.9. The maximum Gasteiger partial charge on any atom is 0.119 e. The summed E-state index contributed by atoms with van der Waals surface area (Å²) in [5, 5.41) is 9.18. The molecule has 14 heavy (non-hydrogen) atoms. The van der Waals surface area contributed by atoms with E-state index in [-0.39, 0.29) is 6.10 Å². The lowest BCUT2D eigenvalue weighted by Gasteiger charge is -2.08. The molecule has 2 nitrogen and oxygen atoms in total. The van der Waals surface area contributed by atoms with Gasteiger partial charge < -0.3 is 9.84 Å². The van der Waals surface area contributed by atoms with E-state index in [2.05, 4.69) is 15.9 Å². The second kappa shape index (κ2) is 5.37. The van der Waals surface area contributed by atoms with Gasteiger partial charge in [-0.05, 0) is 43.5 Å². The number of ether oxygens (including phenoxy) is 1. The van der Waals surface area contributed by atoms with Gasteiger partial charge in [-0.2, -0.15) is 0 Å². The SMILES string of the molecule is COc1ccc(Br)c(CC[C@@H](C)O)c1. The summed E-state index contributed by atoms with van der Waals surface area (Å²) < 4.78 is 6.20. The van der Waals surface area contributed by atoms with Crippen molar-refractivity contribution in [2.45, 2.75) is 25.9 Å². The van der Waals surface area contributed by atoms with Crippen molar-refractivity contribution in [3.05, 3.63) is 28.2 Å². The van der Waals surface area contributed by atoms with Crippen LogP contribution in [0.5, 0.6) is 5.75 Å². The number of hydrogen-bond donors (Lipinski definition) is 1. The fourth-order valence-corrected chi connectivity index (χ4v) is 1.68. The van der Waals surface area contributed by atoms with Gasteiger partial charge >= 0.3 is 0 Å². The molecule has 1 N–H and O–H groups in total. The van der Waals surface area contributed by atoms with Crippen molar-refractivity contribution in [3.63, 3.8) is 0 Å². The first-order valence-electron chi connectivity index (χ1n) is 4.64. The Morgan fingerprint density at radius 3 is 2.79 bits per heavy atom. The highest BCUT2D eigenvalue weighted by molar-refractivity contribution is 9.10. The van der Waals surface area contributed by atoms with Gasteiger partial charge in [-0.15, -0.1) is 0 Å². The summed E-state index contributed by atoms with van der Waals surface area (Å²) in [6.45, 7) is 1.80. The molecular weight excluding hydrogens is 244 g/mol. The molecule has 1 rings (SSSR count). The number of rotatable bonds is 4. The summed E-state index contributed by atoms with van der Waals surface area (Å²) in [5.41, 5.74) is 1.17. The molecule has 0 saturated carbocycles. The minimum atomic E-state index is -0.256. The van der Waals surface area contributed by atoms with Crippen LogP contribution in [-0.4, -0.2) is 18.3 Å². The van der Waals surface area contributed by atoms with Crippen LogP contribution in [0.15, 0.2) is 22.7 Å². The van der Waals surface area contributed by atoms with Crippen LogP contribution in [0.2, 0.25) is 0 Å². The van der Waals surface area contributed by atoms with Crippen molar-refractivity contribution in [2.24, 2.45) is 0 Å². The van der Waals surface area contributed by atoms with Gasteiger partial charge in [0.15, 0.2) is 0 Å². The predicted molar refractivity (Wildman–Crippen MR) is 60.7 cm³/mol. The molecule has 1 atom stereocenters. The molecule has 3 heteroatoms. The number of hydrogen-bond acceptors (Lipinski definition) is 2. The molecule has 0 saturated heterocycles. The van der Waals surface area contributed by atoms with Gasteiger partial charge in [0.25, 0.3) is 0 Å². The standard InChI is InChI=1S/C11H15BrO2/c1-8(13)3-4-9-7-10(14-2)5-6-11(9)12/h5-8,13H,3-4H2,1-2H3/t8-/m1/s1. The zero-order chi connectivity index (χ0) is 10.6. The van der Waals surface area contributed by atoms with Crippen LogP contribution in [-0.2, 0) is 6.42 Å². The molecular formula is C11H15BrO2. The fraction of sp³-hybridized carbons (Fsp3) is 0.455. The Balaban J connectivity index is 2.73. The minimum Gasteiger partial charge on any atom is -0.497 e. The lowest BCUT2D eigenvalue weighted by molar-refractivity contribution is 0.185. The topological polar surface area (TPSA) is 29.5 Å². The monoisotopic (exact) mass is 258 g/mol. The normalized spacial score (nSPS) is 12.6. The zero-order valence-corrected chi connectivity index (χ0v) is 10.0. The van der Waals surface area contributed by atoms with Crippen LogP contribution >= 0.6 is 15.9 Å². The number of aliphatic hydroxyl groups excluding tert-OH is 1. The maximum atomic E-state index is 9.18. The second-order valence-corrected chi connectivity index (χ2v) is 4.20. The van der Waals surface area contributed by atoms with E-state index in [1.54, 1.807) is 14.0 Å². The Hall–Kier alpha value is -0.540. The maximum absolute atomic E-state index is 9.18. The molecule has 0 aliphatic carbocycles. The van der Waals surface area contributed by atoms with E-state index in [0.29, 0.717) is 0 Å². The highest BCUT2D eigenvalue weighted by Gasteiger charge is 2.03. The summed E-state index contributed by atoms with van der Waals surface area (Å²) >= 11 is 3.47. The average Bonchev–Trinajstić information content (AvgIpc) is 2.16. The number of halogens is 1. The zero-order valence-electron chi connectivity index (χ0n) is 8.46. The Kier molecular flexibility index (Phi) is 4.42. The number of aliphatic hydroxyl groups is 1. The number of methoxy groups -OCH3 is 1. The van der Waals surface area contributed by atoms with Gasteiger partial charge in [0.1, 0.15) is 5.75 Å². The van der Waals surface area contributed by atoms with E-state index in [1.165, 1.54) is 5.56 Å². The van der Waals surface area contributed by atoms with Crippen LogP contribution in [0.3, 0.4) is 0 Å². The Morgan fingerprint density at radius 2 is 2.21 bits per heavy atom. The molecule has 0 bridgehead atoms. The molecule has 1 aromatic rings. The molecule has 0 aliphatic rings. The second-order valence-electron chi connectivity index (χ2n) is 3.35. The van der Waals surface area contributed by atoms with Gasteiger partial charge in [-0.25, -0.2) is 0 Å². The van der Waals surface area contributed by atoms with E-state index in [4.69, 9.17) is 4.74 Å². The first-order valence-corrected chi connectivity index (χ1v) is 5.43. The molecule has 0 heterocycles. The summed E-state index contributed by atoms with van der Waals surface area (Å²) in [4.78, 5) is 0. The average molecular weight is 259 g/mol. The van der Waals surface area contributed by atoms with Gasteiger partial charge in [-0.3, -0.25) is 0 Å². The Bertz CT molecular complexity index is 297. The van der Waals surface area contributed by atoms with Gasteiger partial charge in [0.2, 0.25) is 0 Å². The van der Waals surface area contributed by atoms with Crippen molar-refractivity contribution in [1.29, 1.82) is 0 Å². The molecule has 0 unspecified atom stereocenters. The van der Waals surface area contributed by atoms with Crippen LogP contribution < -0.4 is 4.74 Å². The predicted octanol–water partition coefficient (Wildman–Crippen LogP) is 2.77. The van der Waals surface area contributed by atoms with Crippen LogP contribution in [0.4, 0.5) is 0 Å². The van der Waals surface area contributed by atoms with Crippen LogP contribution in [0.25, 0.3) is 0 Å². The molecule has 0 amide bonds. The summed E-state index contributed by atoms with van der Waals surface area (Å²) in [7, 11) is 1.65. The van der Waals surface area contributed by atoms with Crippen molar-refractivity contribution in [2.75, 3.05) is 7.11 Å². The Labute approximate surface area is 93.0 Å². The van der Waals surface area contributed by atoms with Crippen molar-refractivity contribution >= 4 is 15.9 Å². The lowest BCUT2D eigenvalue weighted by atomic mass is 10.1. The first-order chi connectivity index (χ1) is 6.63. The van der Waals surface area contributed by atoms with Crippen molar-refractivity contribution in [1.82, 2.24) is 0 Å². The molecule has 0 fully saturated rings. The van der Waals surface area contributed by atoms with E-state index >= 15 is 0 Å². The van der Waals surface area contributed by atoms with Crippen molar-refractivity contribution < 1.29 is 9.84 Å². The molecule has 0 aliphatic heterocycles. The first kappa shape index (κ1) is 11.5. The summed E-state index contributed by atoms with van der Waals surface area (Å²) in [5.74, 6) is 0.855. The molecule has 0 aromatic heterocycles. The van der Waals surface area contributed by atoms with E-state index < -0.39 is 0 Å². The fourth-order valence-electron chi connectivity index (χ4n) is 1.23. The van der Waals surface area contributed by atoms with Crippen LogP contribution in [0.1, 0.15) is 18.9 Å². The summed E-state index contributed by atoms with van der Waals surface area (Å²) in [6.07, 6.45) is 1.37. The quantitative estimate of drug-likeness (QED) is 0.900. The van der Waals surface area contributed by atoms with Crippen molar-refractivity contribution in [3.8, 4) is 5.75 Å². The van der Waals surface area contributed by atoms with E-state index in [9.17, 15) is 5.11 Å². The van der Waals surface area contributed by atoms with E-state index in [1.807, 2.05) is 18.2 Å². The van der Waals surface area contributed by atoms with E-state index in [0.717, 1.165) is 23.1 Å².